The zero-order valence-corrected chi connectivity index (χ0v) is 20.3. The number of likely N-dealkylation sites (tertiary alicyclic amines) is 1. The Morgan fingerprint density at radius 2 is 2.06 bits per heavy atom. The lowest BCUT2D eigenvalue weighted by Crippen LogP contribution is -2.58. The number of likely N-dealkylation sites (N-methyl/N-ethyl adjacent to an activating group) is 1. The number of ether oxygens (including phenoxy) is 1. The molecule has 7 nitrogen and oxygen atoms in total. The number of carbonyl (C=O) groups is 3. The highest BCUT2D eigenvalue weighted by Gasteiger charge is 2.43. The van der Waals surface area contributed by atoms with E-state index in [0.717, 1.165) is 25.9 Å². The van der Waals surface area contributed by atoms with E-state index in [4.69, 9.17) is 4.74 Å². The normalized spacial score (nSPS) is 27.0. The second-order valence-electron chi connectivity index (χ2n) is 10.1. The highest BCUT2D eigenvalue weighted by atomic mass is 16.5. The highest BCUT2D eigenvalue weighted by molar-refractivity contribution is 5.95. The molecule has 1 aliphatic carbocycles. The number of hydrogen-bond donors (Lipinski definition) is 2. The van der Waals surface area contributed by atoms with Crippen LogP contribution in [0, 0.1) is 11.8 Å². The zero-order chi connectivity index (χ0) is 24.2. The molecule has 0 amide bonds. The first-order valence-electron chi connectivity index (χ1n) is 12.2. The van der Waals surface area contributed by atoms with E-state index in [0.29, 0.717) is 12.2 Å². The van der Waals surface area contributed by atoms with Gasteiger partial charge in [-0.2, -0.15) is 0 Å². The molecule has 0 spiro atoms. The number of esters is 1. The molecule has 33 heavy (non-hydrogen) atoms. The van der Waals surface area contributed by atoms with E-state index in [2.05, 4.69) is 30.3 Å². The molecule has 1 heterocycles. The van der Waals surface area contributed by atoms with Crippen LogP contribution in [-0.4, -0.2) is 59.9 Å². The zero-order valence-electron chi connectivity index (χ0n) is 20.3. The van der Waals surface area contributed by atoms with Crippen molar-refractivity contribution in [1.82, 2.24) is 10.2 Å². The minimum absolute atomic E-state index is 0.0162. The van der Waals surface area contributed by atoms with Crippen LogP contribution >= 0.6 is 0 Å². The van der Waals surface area contributed by atoms with E-state index in [1.54, 1.807) is 19.9 Å². The Morgan fingerprint density at radius 3 is 2.70 bits per heavy atom. The number of hydrogen-bond acceptors (Lipinski definition) is 6. The van der Waals surface area contributed by atoms with Gasteiger partial charge in [-0.3, -0.25) is 19.7 Å². The fraction of sp³-hybridized carbons (Fsp3) is 0.654. The van der Waals surface area contributed by atoms with Crippen LogP contribution in [-0.2, 0) is 19.8 Å². The predicted molar refractivity (Wildman–Crippen MR) is 126 cm³/mol. The molecular weight excluding hydrogens is 420 g/mol. The van der Waals surface area contributed by atoms with Crippen molar-refractivity contribution in [1.29, 1.82) is 0 Å². The Hall–Kier alpha value is -2.25. The van der Waals surface area contributed by atoms with E-state index in [1.807, 2.05) is 12.1 Å². The van der Waals surface area contributed by atoms with Crippen molar-refractivity contribution in [3.63, 3.8) is 0 Å². The lowest BCUT2D eigenvalue weighted by Gasteiger charge is -2.36. The van der Waals surface area contributed by atoms with Gasteiger partial charge >= 0.3 is 11.9 Å². The summed E-state index contributed by atoms with van der Waals surface area (Å²) >= 11 is 0. The third kappa shape index (κ3) is 6.01. The molecule has 4 unspecified atom stereocenters. The maximum absolute atomic E-state index is 12.6. The average molecular weight is 459 g/mol. The quantitative estimate of drug-likeness (QED) is 0.432. The van der Waals surface area contributed by atoms with E-state index in [1.165, 1.54) is 18.4 Å². The molecular formula is C26H38N2O5. The summed E-state index contributed by atoms with van der Waals surface area (Å²) in [4.78, 5) is 38.8. The molecule has 2 fully saturated rings. The lowest BCUT2D eigenvalue weighted by atomic mass is 9.74. The van der Waals surface area contributed by atoms with Crippen molar-refractivity contribution in [2.45, 2.75) is 76.8 Å². The van der Waals surface area contributed by atoms with Crippen molar-refractivity contribution in [3.05, 3.63) is 29.8 Å². The van der Waals surface area contributed by atoms with E-state index in [9.17, 15) is 19.5 Å². The first-order valence-corrected chi connectivity index (χ1v) is 12.2. The number of carbonyl (C=O) groups excluding carboxylic acids is 2. The van der Waals surface area contributed by atoms with Crippen LogP contribution < -0.4 is 10.1 Å². The fourth-order valence-corrected chi connectivity index (χ4v) is 5.25. The monoisotopic (exact) mass is 458 g/mol. The highest BCUT2D eigenvalue weighted by Crippen LogP contribution is 2.38. The Morgan fingerprint density at radius 1 is 1.30 bits per heavy atom. The molecule has 7 heteroatoms. The number of ketones is 1. The Labute approximate surface area is 196 Å². The third-order valence-corrected chi connectivity index (χ3v) is 7.37. The maximum atomic E-state index is 12.6. The molecule has 1 saturated carbocycles. The molecule has 1 saturated heterocycles. The van der Waals surface area contributed by atoms with E-state index < -0.39 is 29.9 Å². The van der Waals surface area contributed by atoms with Crippen LogP contribution in [0.2, 0.25) is 0 Å². The van der Waals surface area contributed by atoms with Crippen LogP contribution in [0.4, 0.5) is 0 Å². The number of carboxylic acid groups (broad SMARTS) is 1. The molecule has 4 atom stereocenters. The SMILES string of the molecule is CCC1(c2cccc(OC(=O)CC3CC(NC(C(=O)O)C(C)C)C3=O)c2)CCCCN(C)C1. The number of Topliss-reactive ketones (excluding diaryl/α,β-unsaturated/α-hetero) is 1. The molecule has 0 bridgehead atoms. The second-order valence-corrected chi connectivity index (χ2v) is 10.1. The molecule has 2 N–H and O–H groups in total. The van der Waals surface area contributed by atoms with Gasteiger partial charge < -0.3 is 14.7 Å². The Kier molecular flexibility index (Phi) is 8.29. The number of aliphatic carboxylic acids is 1. The van der Waals surface area contributed by atoms with Crippen LogP contribution in [0.3, 0.4) is 0 Å². The number of rotatable bonds is 9. The fourth-order valence-electron chi connectivity index (χ4n) is 5.25. The first-order chi connectivity index (χ1) is 15.6. The average Bonchev–Trinajstić information content (AvgIpc) is 2.97. The van der Waals surface area contributed by atoms with Crippen molar-refractivity contribution in [2.75, 3.05) is 20.1 Å². The van der Waals surface area contributed by atoms with Gasteiger partial charge in [-0.25, -0.2) is 0 Å². The number of nitrogens with zero attached hydrogens (tertiary/aromatic N) is 1. The molecule has 182 valence electrons. The van der Waals surface area contributed by atoms with Crippen LogP contribution in [0.25, 0.3) is 0 Å². The standard InChI is InChI=1S/C26H38N2O5/c1-5-26(11-6-7-12-28(4)16-26)19-9-8-10-20(15-19)33-22(29)14-18-13-21(24(18)30)27-23(17(2)3)25(31)32/h8-10,15,17-18,21,23,27H,5-7,11-14,16H2,1-4H3,(H,31,32). The number of carboxylic acids is 1. The van der Waals surface area contributed by atoms with Crippen molar-refractivity contribution in [2.24, 2.45) is 11.8 Å². The van der Waals surface area contributed by atoms with Crippen LogP contribution in [0.5, 0.6) is 5.75 Å². The Balaban J connectivity index is 1.58. The summed E-state index contributed by atoms with van der Waals surface area (Å²) in [6.45, 7) is 7.91. The van der Waals surface area contributed by atoms with Gasteiger partial charge in [0.2, 0.25) is 0 Å². The summed E-state index contributed by atoms with van der Waals surface area (Å²) in [5, 5.41) is 12.2. The van der Waals surface area contributed by atoms with Crippen LogP contribution in [0.15, 0.2) is 24.3 Å². The van der Waals surface area contributed by atoms with E-state index >= 15 is 0 Å². The topological polar surface area (TPSA) is 95.9 Å². The molecule has 1 aliphatic heterocycles. The smallest absolute Gasteiger partial charge is 0.320 e. The predicted octanol–water partition coefficient (Wildman–Crippen LogP) is 3.40. The van der Waals surface area contributed by atoms with Crippen molar-refractivity contribution >= 4 is 17.7 Å². The minimum Gasteiger partial charge on any atom is -0.480 e. The van der Waals surface area contributed by atoms with Gasteiger partial charge in [0.25, 0.3) is 0 Å². The van der Waals surface area contributed by atoms with Crippen molar-refractivity contribution in [3.8, 4) is 5.75 Å². The van der Waals surface area contributed by atoms with Gasteiger partial charge in [0.15, 0.2) is 5.78 Å². The van der Waals surface area contributed by atoms with Gasteiger partial charge in [-0.15, -0.1) is 0 Å². The molecule has 0 radical (unpaired) electrons. The summed E-state index contributed by atoms with van der Waals surface area (Å²) in [7, 11) is 2.16. The second kappa shape index (κ2) is 10.8. The summed E-state index contributed by atoms with van der Waals surface area (Å²) in [5.41, 5.74) is 1.24. The summed E-state index contributed by atoms with van der Waals surface area (Å²) in [5.74, 6) is -1.54. The molecule has 1 aromatic rings. The largest absolute Gasteiger partial charge is 0.480 e. The summed E-state index contributed by atoms with van der Waals surface area (Å²) < 4.78 is 5.62. The lowest BCUT2D eigenvalue weighted by molar-refractivity contribution is -0.146. The molecule has 1 aromatic carbocycles. The van der Waals surface area contributed by atoms with Gasteiger partial charge in [0, 0.05) is 17.9 Å². The van der Waals surface area contributed by atoms with Crippen LogP contribution in [0.1, 0.15) is 64.9 Å². The number of benzene rings is 1. The first kappa shape index (κ1) is 25.4. The molecule has 0 aromatic heterocycles. The Bertz CT molecular complexity index is 870. The van der Waals surface area contributed by atoms with Gasteiger partial charge in [-0.05, 0) is 62.9 Å². The third-order valence-electron chi connectivity index (χ3n) is 7.37. The van der Waals surface area contributed by atoms with Gasteiger partial charge in [-0.1, -0.05) is 39.3 Å². The maximum Gasteiger partial charge on any atom is 0.320 e. The summed E-state index contributed by atoms with van der Waals surface area (Å²) in [6.07, 6.45) is 4.98. The number of nitrogens with one attached hydrogen (secondary N) is 1. The minimum atomic E-state index is -0.967. The van der Waals surface area contributed by atoms with Gasteiger partial charge in [0.05, 0.1) is 12.5 Å². The molecule has 3 rings (SSSR count). The molecule has 2 aliphatic rings. The van der Waals surface area contributed by atoms with E-state index in [-0.39, 0.29) is 23.5 Å². The van der Waals surface area contributed by atoms with Crippen molar-refractivity contribution < 1.29 is 24.2 Å². The van der Waals surface area contributed by atoms with Gasteiger partial charge in [0.1, 0.15) is 11.8 Å². The summed E-state index contributed by atoms with van der Waals surface area (Å²) in [6, 6.07) is 6.55.